The summed E-state index contributed by atoms with van der Waals surface area (Å²) in [5, 5.41) is 10.9. The summed E-state index contributed by atoms with van der Waals surface area (Å²) in [6, 6.07) is 12.3. The number of benzene rings is 3. The Morgan fingerprint density at radius 2 is 1.36 bits per heavy atom. The van der Waals surface area contributed by atoms with E-state index in [1.807, 2.05) is 0 Å². The molecule has 4 N–H and O–H groups in total. The third-order valence-electron chi connectivity index (χ3n) is 8.13. The van der Waals surface area contributed by atoms with Gasteiger partial charge < -0.3 is 19.9 Å². The fourth-order valence-electron chi connectivity index (χ4n) is 6.05. The van der Waals surface area contributed by atoms with Gasteiger partial charge in [-0.1, -0.05) is 0 Å². The third-order valence-corrected chi connectivity index (χ3v) is 8.13. The molecule has 2 amide bonds. The van der Waals surface area contributed by atoms with Crippen LogP contribution < -0.4 is 26.0 Å². The fraction of sp³-hybridized carbons (Fsp3) is 0.290. The van der Waals surface area contributed by atoms with Crippen molar-refractivity contribution in [2.75, 3.05) is 23.7 Å². The van der Waals surface area contributed by atoms with Crippen LogP contribution >= 0.6 is 0 Å². The van der Waals surface area contributed by atoms with E-state index in [-0.39, 0.29) is 17.0 Å². The normalized spacial score (nSPS) is 22.8. The molecule has 1 aromatic heterocycles. The number of ether oxygens (including phenoxy) is 1. The number of alkyl halides is 4. The van der Waals surface area contributed by atoms with E-state index in [1.165, 1.54) is 6.07 Å². The maximum atomic E-state index is 14.4. The minimum Gasteiger partial charge on any atom is -0.465 e. The van der Waals surface area contributed by atoms with E-state index in [4.69, 9.17) is 4.74 Å². The second-order valence-electron chi connectivity index (χ2n) is 11.5. The van der Waals surface area contributed by atoms with Crippen LogP contribution in [0.25, 0.3) is 22.2 Å². The molecular weight excluding hydrogens is 604 g/mol. The summed E-state index contributed by atoms with van der Waals surface area (Å²) < 4.78 is 91.2. The quantitative estimate of drug-likeness (QED) is 0.222. The highest BCUT2D eigenvalue weighted by atomic mass is 19.3. The lowest BCUT2D eigenvalue weighted by molar-refractivity contribution is -0.119. The number of nitrogens with zero attached hydrogens (tertiary/aromatic N) is 1. The predicted molar refractivity (Wildman–Crippen MR) is 152 cm³/mol. The van der Waals surface area contributed by atoms with Crippen LogP contribution in [0.1, 0.15) is 24.6 Å². The van der Waals surface area contributed by atoms with Gasteiger partial charge in [-0.05, 0) is 48.5 Å². The van der Waals surface area contributed by atoms with Crippen molar-refractivity contribution >= 4 is 34.1 Å². The predicted octanol–water partition coefficient (Wildman–Crippen LogP) is 5.40. The molecule has 234 valence electrons. The van der Waals surface area contributed by atoms with E-state index in [0.717, 1.165) is 18.2 Å². The maximum absolute atomic E-state index is 14.4. The summed E-state index contributed by atoms with van der Waals surface area (Å²) in [6.07, 6.45) is -2.32. The second-order valence-corrected chi connectivity index (χ2v) is 11.5. The van der Waals surface area contributed by atoms with E-state index in [9.17, 15) is 35.9 Å². The summed E-state index contributed by atoms with van der Waals surface area (Å²) in [4.78, 5) is 25.3. The molecule has 3 aliphatic heterocycles. The van der Waals surface area contributed by atoms with Gasteiger partial charge in [-0.2, -0.15) is 0 Å². The van der Waals surface area contributed by atoms with Gasteiger partial charge in [-0.15, -0.1) is 0 Å². The first kappa shape index (κ1) is 29.2. The second kappa shape index (κ2) is 10.5. The van der Waals surface area contributed by atoms with Crippen molar-refractivity contribution in [2.45, 2.75) is 43.0 Å². The number of amides is 2. The molecule has 2 saturated heterocycles. The van der Waals surface area contributed by atoms with Crippen LogP contribution in [0.3, 0.4) is 0 Å². The number of carbonyl (C=O) groups excluding carboxylic acids is 2. The van der Waals surface area contributed by atoms with Crippen molar-refractivity contribution in [1.29, 1.82) is 0 Å². The Bertz CT molecular complexity index is 1840. The molecule has 4 heterocycles. The van der Waals surface area contributed by atoms with Gasteiger partial charge in [-0.3, -0.25) is 20.2 Å². The maximum Gasteiger partial charge on any atom is 0.262 e. The van der Waals surface area contributed by atoms with Crippen molar-refractivity contribution in [1.82, 2.24) is 15.2 Å². The van der Waals surface area contributed by atoms with Crippen molar-refractivity contribution in [2.24, 2.45) is 0 Å². The Kier molecular flexibility index (Phi) is 6.82. The molecule has 0 aliphatic carbocycles. The van der Waals surface area contributed by atoms with Crippen LogP contribution in [0, 0.1) is 11.6 Å². The summed E-state index contributed by atoms with van der Waals surface area (Å²) in [7, 11) is 0. The van der Waals surface area contributed by atoms with Gasteiger partial charge >= 0.3 is 0 Å². The molecule has 3 atom stereocenters. The SMILES string of the molecule is O=C(Nc1ccc2c(c1)OC(c1cc(F)cc(F)c1)n1c-2cc2cc(NC(=O)[C@@H]3CC(F)(F)CN3)ccc21)[C@@H]1CC(F)(F)CN1. The monoisotopic (exact) mass is 629 g/mol. The average Bonchev–Trinajstić information content (AvgIpc) is 3.65. The number of anilines is 2. The lowest BCUT2D eigenvalue weighted by atomic mass is 10.1. The largest absolute Gasteiger partial charge is 0.465 e. The molecule has 4 aromatic rings. The number of carbonyl (C=O) groups is 2. The van der Waals surface area contributed by atoms with E-state index in [0.29, 0.717) is 27.8 Å². The number of hydrogen-bond donors (Lipinski definition) is 4. The number of aromatic nitrogens is 1. The lowest BCUT2D eigenvalue weighted by Gasteiger charge is -2.30. The van der Waals surface area contributed by atoms with Gasteiger partial charge in [0, 0.05) is 52.9 Å². The molecule has 1 unspecified atom stereocenters. The van der Waals surface area contributed by atoms with Crippen LogP contribution in [-0.2, 0) is 9.59 Å². The fourth-order valence-corrected chi connectivity index (χ4v) is 6.05. The number of nitrogens with one attached hydrogen (secondary N) is 4. The van der Waals surface area contributed by atoms with Crippen molar-refractivity contribution < 1.29 is 40.7 Å². The van der Waals surface area contributed by atoms with Gasteiger partial charge in [0.05, 0.1) is 36.4 Å². The molecule has 7 rings (SSSR count). The van der Waals surface area contributed by atoms with Gasteiger partial charge in [-0.25, -0.2) is 26.3 Å². The van der Waals surface area contributed by atoms with E-state index in [1.54, 1.807) is 41.0 Å². The number of fused-ring (bicyclic) bond motifs is 5. The van der Waals surface area contributed by atoms with Gasteiger partial charge in [0.25, 0.3) is 11.8 Å². The molecule has 45 heavy (non-hydrogen) atoms. The molecule has 0 bridgehead atoms. The highest BCUT2D eigenvalue weighted by molar-refractivity contribution is 5.99. The smallest absolute Gasteiger partial charge is 0.262 e. The molecular formula is C31H25F6N5O3. The molecule has 8 nitrogen and oxygen atoms in total. The van der Waals surface area contributed by atoms with E-state index in [2.05, 4.69) is 21.3 Å². The minimum absolute atomic E-state index is 0.148. The standard InChI is InChI=1S/C31H25F6N5O3/c32-17-5-16(6-18(33)9-17)29-42-24-4-2-19(40-27(43)22-11-30(34,35)13-38-22)7-15(24)8-25(42)21-3-1-20(10-26(21)45-29)41-28(44)23-12-31(36,37)14-39-23/h1-10,22-23,29,38-39H,11-14H2,(H,40,43)(H,41,44)/t22-,23-,29?/m0/s1. The Morgan fingerprint density at radius 1 is 0.778 bits per heavy atom. The average molecular weight is 630 g/mol. The highest BCUT2D eigenvalue weighted by Crippen LogP contribution is 2.45. The van der Waals surface area contributed by atoms with E-state index >= 15 is 0 Å². The van der Waals surface area contributed by atoms with E-state index < -0.39 is 79.5 Å². The Balaban J connectivity index is 1.24. The van der Waals surface area contributed by atoms with Crippen LogP contribution in [-0.4, -0.2) is 53.4 Å². The summed E-state index contributed by atoms with van der Waals surface area (Å²) in [6.45, 7) is -1.19. The van der Waals surface area contributed by atoms with Crippen molar-refractivity contribution in [3.8, 4) is 17.0 Å². The van der Waals surface area contributed by atoms with Gasteiger partial charge in [0.1, 0.15) is 17.4 Å². The van der Waals surface area contributed by atoms with Gasteiger partial charge in [0.2, 0.25) is 18.0 Å². The third kappa shape index (κ3) is 5.59. The minimum atomic E-state index is -2.99. The topological polar surface area (TPSA) is 96.4 Å². The Labute approximate surface area is 251 Å². The number of halogens is 6. The summed E-state index contributed by atoms with van der Waals surface area (Å²) >= 11 is 0. The molecule has 0 saturated carbocycles. The zero-order chi connectivity index (χ0) is 31.7. The molecule has 3 aliphatic rings. The van der Waals surface area contributed by atoms with Crippen molar-refractivity contribution in [3.63, 3.8) is 0 Å². The Morgan fingerprint density at radius 3 is 1.93 bits per heavy atom. The first-order valence-electron chi connectivity index (χ1n) is 14.1. The van der Waals surface area contributed by atoms with Crippen LogP contribution in [0.15, 0.2) is 60.7 Å². The first-order valence-corrected chi connectivity index (χ1v) is 14.1. The lowest BCUT2D eigenvalue weighted by Crippen LogP contribution is -2.35. The molecule has 14 heteroatoms. The zero-order valence-electron chi connectivity index (χ0n) is 23.3. The van der Waals surface area contributed by atoms with Crippen LogP contribution in [0.2, 0.25) is 0 Å². The molecule has 0 radical (unpaired) electrons. The summed E-state index contributed by atoms with van der Waals surface area (Å²) in [5.74, 6) is -8.62. The molecule has 2 fully saturated rings. The Hall–Kier alpha value is -4.56. The summed E-state index contributed by atoms with van der Waals surface area (Å²) in [5.41, 5.74) is 2.49. The molecule has 0 spiro atoms. The van der Waals surface area contributed by atoms with Crippen LogP contribution in [0.4, 0.5) is 37.7 Å². The molecule has 3 aromatic carbocycles. The highest BCUT2D eigenvalue weighted by Gasteiger charge is 2.43. The number of rotatable bonds is 5. The van der Waals surface area contributed by atoms with Crippen LogP contribution in [0.5, 0.6) is 5.75 Å². The van der Waals surface area contributed by atoms with Crippen molar-refractivity contribution in [3.05, 3.63) is 77.9 Å². The van der Waals surface area contributed by atoms with Gasteiger partial charge in [0.15, 0.2) is 0 Å². The first-order chi connectivity index (χ1) is 21.3. The zero-order valence-corrected chi connectivity index (χ0v) is 23.3. The number of hydrogen-bond acceptors (Lipinski definition) is 5.